The number of amides is 2. The third kappa shape index (κ3) is 3.65. The molecule has 5 nitrogen and oxygen atoms in total. The highest BCUT2D eigenvalue weighted by Crippen LogP contribution is 2.35. The zero-order chi connectivity index (χ0) is 18.0. The second-order valence-corrected chi connectivity index (χ2v) is 7.47. The quantitative estimate of drug-likeness (QED) is 0.842. The molecule has 1 heterocycles. The molecule has 1 aromatic rings. The number of hydrogen-bond acceptors (Lipinski definition) is 3. The number of hydrogen-bond donors (Lipinski definition) is 0. The van der Waals surface area contributed by atoms with E-state index in [0.29, 0.717) is 17.5 Å². The van der Waals surface area contributed by atoms with E-state index in [1.54, 1.807) is 4.90 Å². The second-order valence-electron chi connectivity index (χ2n) is 7.47. The van der Waals surface area contributed by atoms with Crippen LogP contribution in [0, 0.1) is 5.92 Å². The van der Waals surface area contributed by atoms with Gasteiger partial charge in [-0.2, -0.15) is 0 Å². The van der Waals surface area contributed by atoms with Gasteiger partial charge in [-0.1, -0.05) is 45.2 Å². The summed E-state index contributed by atoms with van der Waals surface area (Å²) in [7, 11) is 1.87. The molecule has 1 aromatic carbocycles. The fraction of sp³-hybridized carbons (Fsp3) is 0.600. The number of para-hydroxylation sites is 2. The molecule has 1 atom stereocenters. The summed E-state index contributed by atoms with van der Waals surface area (Å²) in [5.41, 5.74) is 0.690. The van der Waals surface area contributed by atoms with E-state index in [0.717, 1.165) is 12.8 Å². The highest BCUT2D eigenvalue weighted by molar-refractivity contribution is 6.04. The molecule has 0 spiro atoms. The SMILES string of the molecule is CC(C)[C@@H]1Oc2ccccc2N(CC(=O)N(C)C2CCCCC2)C1=O. The summed E-state index contributed by atoms with van der Waals surface area (Å²) >= 11 is 0. The van der Waals surface area contributed by atoms with Crippen molar-refractivity contribution in [3.63, 3.8) is 0 Å². The first-order valence-electron chi connectivity index (χ1n) is 9.31. The van der Waals surface area contributed by atoms with Crippen LogP contribution in [0.2, 0.25) is 0 Å². The molecule has 0 saturated heterocycles. The van der Waals surface area contributed by atoms with Gasteiger partial charge >= 0.3 is 0 Å². The van der Waals surface area contributed by atoms with Gasteiger partial charge in [0.15, 0.2) is 6.10 Å². The van der Waals surface area contributed by atoms with Gasteiger partial charge in [0.1, 0.15) is 12.3 Å². The first kappa shape index (κ1) is 17.8. The summed E-state index contributed by atoms with van der Waals surface area (Å²) in [6.45, 7) is 4.00. The summed E-state index contributed by atoms with van der Waals surface area (Å²) in [4.78, 5) is 29.2. The van der Waals surface area contributed by atoms with Crippen LogP contribution in [0.1, 0.15) is 46.0 Å². The van der Waals surface area contributed by atoms with Crippen molar-refractivity contribution in [3.8, 4) is 5.75 Å². The summed E-state index contributed by atoms with van der Waals surface area (Å²) in [5.74, 6) is 0.599. The Bertz CT molecular complexity index is 638. The van der Waals surface area contributed by atoms with Crippen molar-refractivity contribution in [1.29, 1.82) is 0 Å². The maximum absolute atomic E-state index is 12.9. The van der Waals surface area contributed by atoms with Crippen LogP contribution in [0.5, 0.6) is 5.75 Å². The van der Waals surface area contributed by atoms with E-state index in [4.69, 9.17) is 4.74 Å². The zero-order valence-electron chi connectivity index (χ0n) is 15.4. The van der Waals surface area contributed by atoms with Gasteiger partial charge < -0.3 is 9.64 Å². The van der Waals surface area contributed by atoms with Crippen molar-refractivity contribution in [2.24, 2.45) is 5.92 Å². The second kappa shape index (κ2) is 7.46. The largest absolute Gasteiger partial charge is 0.478 e. The Balaban J connectivity index is 1.79. The zero-order valence-corrected chi connectivity index (χ0v) is 15.4. The van der Waals surface area contributed by atoms with E-state index >= 15 is 0 Å². The number of likely N-dealkylation sites (N-methyl/N-ethyl adjacent to an activating group) is 1. The van der Waals surface area contributed by atoms with Gasteiger partial charge in [0.25, 0.3) is 5.91 Å². The van der Waals surface area contributed by atoms with Gasteiger partial charge in [0.05, 0.1) is 5.69 Å². The molecule has 0 radical (unpaired) electrons. The van der Waals surface area contributed by atoms with Crippen molar-refractivity contribution in [1.82, 2.24) is 4.90 Å². The Morgan fingerprint density at radius 2 is 1.92 bits per heavy atom. The summed E-state index contributed by atoms with van der Waals surface area (Å²) < 4.78 is 5.88. The molecule has 136 valence electrons. The lowest BCUT2D eigenvalue weighted by atomic mass is 9.94. The molecule has 0 unspecified atom stereocenters. The molecule has 1 fully saturated rings. The van der Waals surface area contributed by atoms with E-state index in [9.17, 15) is 9.59 Å². The number of rotatable bonds is 4. The third-order valence-electron chi connectivity index (χ3n) is 5.33. The van der Waals surface area contributed by atoms with Crippen LogP contribution >= 0.6 is 0 Å². The van der Waals surface area contributed by atoms with Crippen LogP contribution in [-0.2, 0) is 9.59 Å². The minimum Gasteiger partial charge on any atom is -0.478 e. The number of carbonyl (C=O) groups excluding carboxylic acids is 2. The van der Waals surface area contributed by atoms with Gasteiger partial charge in [-0.3, -0.25) is 14.5 Å². The summed E-state index contributed by atoms with van der Waals surface area (Å²) in [6, 6.07) is 7.76. The number of nitrogens with zero attached hydrogens (tertiary/aromatic N) is 2. The van der Waals surface area contributed by atoms with Gasteiger partial charge in [-0.15, -0.1) is 0 Å². The van der Waals surface area contributed by atoms with E-state index in [1.165, 1.54) is 19.3 Å². The fourth-order valence-electron chi connectivity index (χ4n) is 3.74. The molecule has 2 amide bonds. The number of carbonyl (C=O) groups is 2. The minimum absolute atomic E-state index is 0.000501. The maximum Gasteiger partial charge on any atom is 0.268 e. The van der Waals surface area contributed by atoms with E-state index < -0.39 is 6.10 Å². The van der Waals surface area contributed by atoms with Gasteiger partial charge in [0, 0.05) is 13.1 Å². The van der Waals surface area contributed by atoms with Crippen molar-refractivity contribution in [3.05, 3.63) is 24.3 Å². The standard InChI is InChI=1S/C20H28N2O3/c1-14(2)19-20(24)22(16-11-7-8-12-17(16)25-19)13-18(23)21(3)15-9-5-4-6-10-15/h7-8,11-12,14-15,19H,4-6,9-10,13H2,1-3H3/t19-/m0/s1. The normalized spacial score (nSPS) is 21.0. The van der Waals surface area contributed by atoms with Crippen LogP contribution in [-0.4, -0.2) is 42.5 Å². The number of ether oxygens (including phenoxy) is 1. The Kier molecular flexibility index (Phi) is 5.30. The average molecular weight is 344 g/mol. The molecular weight excluding hydrogens is 316 g/mol. The first-order valence-corrected chi connectivity index (χ1v) is 9.31. The van der Waals surface area contributed by atoms with Gasteiger partial charge in [0.2, 0.25) is 5.91 Å². The Hall–Kier alpha value is -2.04. The Morgan fingerprint density at radius 3 is 2.60 bits per heavy atom. The number of benzene rings is 1. The summed E-state index contributed by atoms with van der Waals surface area (Å²) in [6.07, 6.45) is 5.19. The van der Waals surface area contributed by atoms with E-state index in [2.05, 4.69) is 0 Å². The van der Waals surface area contributed by atoms with E-state index in [-0.39, 0.29) is 24.3 Å². The van der Waals surface area contributed by atoms with Gasteiger partial charge in [-0.25, -0.2) is 0 Å². The molecule has 0 N–H and O–H groups in total. The topological polar surface area (TPSA) is 49.9 Å². The van der Waals surface area contributed by atoms with Crippen molar-refractivity contribution in [2.75, 3.05) is 18.5 Å². The lowest BCUT2D eigenvalue weighted by Gasteiger charge is -2.37. The van der Waals surface area contributed by atoms with Gasteiger partial charge in [-0.05, 0) is 30.9 Å². The molecule has 1 aliphatic heterocycles. The predicted molar refractivity (Wildman–Crippen MR) is 97.7 cm³/mol. The highest BCUT2D eigenvalue weighted by atomic mass is 16.5. The Morgan fingerprint density at radius 1 is 1.24 bits per heavy atom. The van der Waals surface area contributed by atoms with Crippen molar-refractivity contribution in [2.45, 2.75) is 58.1 Å². The summed E-state index contributed by atoms with van der Waals surface area (Å²) in [5, 5.41) is 0. The van der Waals surface area contributed by atoms with Crippen LogP contribution in [0.15, 0.2) is 24.3 Å². The lowest BCUT2D eigenvalue weighted by Crippen LogP contribution is -2.52. The number of anilines is 1. The molecule has 1 saturated carbocycles. The predicted octanol–water partition coefficient (Wildman–Crippen LogP) is 3.23. The molecule has 3 rings (SSSR count). The van der Waals surface area contributed by atoms with Crippen LogP contribution in [0.4, 0.5) is 5.69 Å². The first-order chi connectivity index (χ1) is 12.0. The van der Waals surface area contributed by atoms with Crippen molar-refractivity contribution < 1.29 is 14.3 Å². The molecule has 1 aliphatic carbocycles. The minimum atomic E-state index is -0.539. The fourth-order valence-corrected chi connectivity index (χ4v) is 3.74. The van der Waals surface area contributed by atoms with E-state index in [1.807, 2.05) is 50.1 Å². The molecule has 0 bridgehead atoms. The van der Waals surface area contributed by atoms with Crippen LogP contribution < -0.4 is 9.64 Å². The lowest BCUT2D eigenvalue weighted by molar-refractivity contribution is -0.135. The molecule has 0 aromatic heterocycles. The molecule has 25 heavy (non-hydrogen) atoms. The number of fused-ring (bicyclic) bond motifs is 1. The monoisotopic (exact) mass is 344 g/mol. The smallest absolute Gasteiger partial charge is 0.268 e. The molecular formula is C20H28N2O3. The molecule has 5 heteroatoms. The van der Waals surface area contributed by atoms with Crippen LogP contribution in [0.25, 0.3) is 0 Å². The Labute approximate surface area is 149 Å². The molecule has 2 aliphatic rings. The average Bonchev–Trinajstić information content (AvgIpc) is 2.63. The van der Waals surface area contributed by atoms with Crippen LogP contribution in [0.3, 0.4) is 0 Å². The maximum atomic E-state index is 12.9. The highest BCUT2D eigenvalue weighted by Gasteiger charge is 2.37. The van der Waals surface area contributed by atoms with Crippen molar-refractivity contribution >= 4 is 17.5 Å². The third-order valence-corrected chi connectivity index (χ3v) is 5.33.